The first-order valence-corrected chi connectivity index (χ1v) is 7.90. The molecule has 3 aromatic rings. The van der Waals surface area contributed by atoms with Gasteiger partial charge in [-0.2, -0.15) is 0 Å². The molecule has 0 saturated carbocycles. The maximum Gasteiger partial charge on any atom is 0.262 e. The van der Waals surface area contributed by atoms with Crippen molar-refractivity contribution in [2.24, 2.45) is 0 Å². The van der Waals surface area contributed by atoms with E-state index < -0.39 is 0 Å². The van der Waals surface area contributed by atoms with Crippen LogP contribution in [0, 0.1) is 20.8 Å². The lowest BCUT2D eigenvalue weighted by molar-refractivity contribution is -0.118. The lowest BCUT2D eigenvalue weighted by Crippen LogP contribution is -2.20. The average molecular weight is 320 g/mol. The Kier molecular flexibility index (Phi) is 4.47. The highest BCUT2D eigenvalue weighted by Gasteiger charge is 2.09. The van der Waals surface area contributed by atoms with Gasteiger partial charge in [0, 0.05) is 11.1 Å². The molecule has 0 bridgehead atoms. The summed E-state index contributed by atoms with van der Waals surface area (Å²) >= 11 is 0. The van der Waals surface area contributed by atoms with Gasteiger partial charge in [-0.1, -0.05) is 30.3 Å². The van der Waals surface area contributed by atoms with E-state index in [9.17, 15) is 4.79 Å². The Balaban J connectivity index is 1.73. The van der Waals surface area contributed by atoms with Crippen LogP contribution in [-0.4, -0.2) is 17.5 Å². The zero-order valence-electron chi connectivity index (χ0n) is 14.1. The third-order valence-corrected chi connectivity index (χ3v) is 4.05. The summed E-state index contributed by atoms with van der Waals surface area (Å²) in [5, 5.41) is 3.88. The van der Waals surface area contributed by atoms with E-state index in [0.29, 0.717) is 5.69 Å². The Morgan fingerprint density at radius 2 is 1.83 bits per heavy atom. The second-order valence-electron chi connectivity index (χ2n) is 5.86. The number of para-hydroxylation sites is 1. The van der Waals surface area contributed by atoms with E-state index >= 15 is 0 Å². The monoisotopic (exact) mass is 320 g/mol. The molecule has 4 nitrogen and oxygen atoms in total. The molecule has 0 atom stereocenters. The number of carbonyl (C=O) groups excluding carboxylic acids is 1. The normalized spacial score (nSPS) is 10.6. The van der Waals surface area contributed by atoms with Crippen molar-refractivity contribution in [3.05, 3.63) is 65.4 Å². The van der Waals surface area contributed by atoms with Crippen molar-refractivity contribution < 1.29 is 9.53 Å². The van der Waals surface area contributed by atoms with Gasteiger partial charge < -0.3 is 10.1 Å². The number of carbonyl (C=O) groups is 1. The molecule has 0 unspecified atom stereocenters. The number of nitrogens with zero attached hydrogens (tertiary/aromatic N) is 1. The molecule has 0 spiro atoms. The van der Waals surface area contributed by atoms with E-state index in [1.807, 2.05) is 69.3 Å². The third-order valence-electron chi connectivity index (χ3n) is 4.05. The Bertz CT molecular complexity index is 903. The maximum atomic E-state index is 12.2. The van der Waals surface area contributed by atoms with Crippen LogP contribution in [0.15, 0.2) is 48.5 Å². The maximum absolute atomic E-state index is 12.2. The van der Waals surface area contributed by atoms with E-state index in [2.05, 4.69) is 10.3 Å². The largest absolute Gasteiger partial charge is 0.483 e. The minimum atomic E-state index is -0.202. The molecule has 1 heterocycles. The first kappa shape index (κ1) is 16.0. The molecule has 1 amide bonds. The predicted octanol–water partition coefficient (Wildman–Crippen LogP) is 4.18. The first-order valence-electron chi connectivity index (χ1n) is 7.90. The molecule has 4 heteroatoms. The molecule has 0 aliphatic carbocycles. The van der Waals surface area contributed by atoms with Crippen LogP contribution in [0.3, 0.4) is 0 Å². The van der Waals surface area contributed by atoms with Crippen LogP contribution in [0.25, 0.3) is 10.9 Å². The van der Waals surface area contributed by atoms with Crippen LogP contribution < -0.4 is 10.1 Å². The number of pyridine rings is 1. The van der Waals surface area contributed by atoms with Gasteiger partial charge in [0.15, 0.2) is 6.61 Å². The summed E-state index contributed by atoms with van der Waals surface area (Å²) in [5.74, 6) is 0.531. The van der Waals surface area contributed by atoms with Crippen LogP contribution in [0.2, 0.25) is 0 Å². The number of amides is 1. The number of ether oxygens (including phenoxy) is 1. The van der Waals surface area contributed by atoms with Crippen molar-refractivity contribution in [1.82, 2.24) is 4.98 Å². The van der Waals surface area contributed by atoms with Gasteiger partial charge in [-0.3, -0.25) is 9.78 Å². The number of rotatable bonds is 4. The van der Waals surface area contributed by atoms with Gasteiger partial charge in [0.2, 0.25) is 0 Å². The second-order valence-corrected chi connectivity index (χ2v) is 5.86. The molecule has 0 fully saturated rings. The van der Waals surface area contributed by atoms with Crippen molar-refractivity contribution >= 4 is 22.5 Å². The summed E-state index contributed by atoms with van der Waals surface area (Å²) in [6.07, 6.45) is 0. The highest BCUT2D eigenvalue weighted by atomic mass is 16.5. The van der Waals surface area contributed by atoms with Crippen LogP contribution in [0.1, 0.15) is 16.8 Å². The Hall–Kier alpha value is -2.88. The zero-order chi connectivity index (χ0) is 17.1. The van der Waals surface area contributed by atoms with Gasteiger partial charge in [-0.25, -0.2) is 0 Å². The van der Waals surface area contributed by atoms with Crippen LogP contribution in [0.4, 0.5) is 5.69 Å². The van der Waals surface area contributed by atoms with E-state index in [-0.39, 0.29) is 12.5 Å². The number of benzene rings is 2. The molecule has 0 aliphatic rings. The van der Waals surface area contributed by atoms with Crippen LogP contribution >= 0.6 is 0 Å². The molecule has 3 rings (SSSR count). The van der Waals surface area contributed by atoms with E-state index in [1.54, 1.807) is 0 Å². The third kappa shape index (κ3) is 3.38. The molecule has 0 aliphatic heterocycles. The topological polar surface area (TPSA) is 51.2 Å². The summed E-state index contributed by atoms with van der Waals surface area (Å²) < 4.78 is 5.65. The molecule has 122 valence electrons. The van der Waals surface area contributed by atoms with Gasteiger partial charge in [-0.05, 0) is 50.1 Å². The Morgan fingerprint density at radius 1 is 1.04 bits per heavy atom. The fraction of sp³-hybridized carbons (Fsp3) is 0.200. The fourth-order valence-electron chi connectivity index (χ4n) is 2.56. The zero-order valence-corrected chi connectivity index (χ0v) is 14.1. The quantitative estimate of drug-likeness (QED) is 0.784. The lowest BCUT2D eigenvalue weighted by Gasteiger charge is -2.12. The van der Waals surface area contributed by atoms with E-state index in [4.69, 9.17) is 4.74 Å². The Labute approximate surface area is 141 Å². The summed E-state index contributed by atoms with van der Waals surface area (Å²) in [5.41, 5.74) is 4.59. The van der Waals surface area contributed by atoms with Crippen molar-refractivity contribution in [2.45, 2.75) is 20.8 Å². The number of anilines is 1. The molecule has 1 aromatic heterocycles. The van der Waals surface area contributed by atoms with Gasteiger partial charge >= 0.3 is 0 Å². The number of aromatic nitrogens is 1. The van der Waals surface area contributed by atoms with Gasteiger partial charge in [0.25, 0.3) is 5.91 Å². The van der Waals surface area contributed by atoms with Crippen molar-refractivity contribution in [3.8, 4) is 5.75 Å². The second kappa shape index (κ2) is 6.71. The summed E-state index contributed by atoms with van der Waals surface area (Å²) in [7, 11) is 0. The molecule has 24 heavy (non-hydrogen) atoms. The number of aryl methyl sites for hydroxylation is 2. The van der Waals surface area contributed by atoms with Crippen molar-refractivity contribution in [3.63, 3.8) is 0 Å². The van der Waals surface area contributed by atoms with Crippen LogP contribution in [0.5, 0.6) is 5.75 Å². The highest BCUT2D eigenvalue weighted by Crippen LogP contribution is 2.23. The first-order chi connectivity index (χ1) is 11.5. The number of nitrogens with one attached hydrogen (secondary N) is 1. The van der Waals surface area contributed by atoms with Gasteiger partial charge in [0.05, 0.1) is 11.2 Å². The van der Waals surface area contributed by atoms with E-state index in [0.717, 1.165) is 33.5 Å². The standard InChI is InChI=1S/C20H20N2O2/c1-13-6-4-9-18(15(13)3)24-12-19(23)22-17-8-5-7-16-11-10-14(2)21-20(16)17/h4-11H,12H2,1-3H3,(H,22,23). The summed E-state index contributed by atoms with van der Waals surface area (Å²) in [6, 6.07) is 15.5. The lowest BCUT2D eigenvalue weighted by atomic mass is 10.1. The molecule has 0 radical (unpaired) electrons. The summed E-state index contributed by atoms with van der Waals surface area (Å²) in [6.45, 7) is 5.90. The predicted molar refractivity (Wildman–Crippen MR) is 96.5 cm³/mol. The number of hydrogen-bond donors (Lipinski definition) is 1. The van der Waals surface area contributed by atoms with Gasteiger partial charge in [-0.15, -0.1) is 0 Å². The molecule has 1 N–H and O–H groups in total. The molecular weight excluding hydrogens is 300 g/mol. The smallest absolute Gasteiger partial charge is 0.262 e. The number of fused-ring (bicyclic) bond motifs is 1. The van der Waals surface area contributed by atoms with E-state index in [1.165, 1.54) is 0 Å². The Morgan fingerprint density at radius 3 is 2.67 bits per heavy atom. The minimum Gasteiger partial charge on any atom is -0.483 e. The fourth-order valence-corrected chi connectivity index (χ4v) is 2.56. The average Bonchev–Trinajstić information content (AvgIpc) is 2.57. The minimum absolute atomic E-state index is 0.0352. The van der Waals surface area contributed by atoms with Crippen molar-refractivity contribution in [1.29, 1.82) is 0 Å². The molecular formula is C20H20N2O2. The SMILES string of the molecule is Cc1ccc2cccc(NC(=O)COc3cccc(C)c3C)c2n1. The highest BCUT2D eigenvalue weighted by molar-refractivity contribution is 6.00. The van der Waals surface area contributed by atoms with Crippen LogP contribution in [-0.2, 0) is 4.79 Å². The number of hydrogen-bond acceptors (Lipinski definition) is 3. The van der Waals surface area contributed by atoms with Gasteiger partial charge in [0.1, 0.15) is 5.75 Å². The summed E-state index contributed by atoms with van der Waals surface area (Å²) in [4.78, 5) is 16.8. The molecule has 0 saturated heterocycles. The van der Waals surface area contributed by atoms with Crippen molar-refractivity contribution in [2.75, 3.05) is 11.9 Å². The molecule has 2 aromatic carbocycles.